The number of carbonyl (C=O) groups excluding carboxylic acids is 1. The van der Waals surface area contributed by atoms with Gasteiger partial charge in [0.2, 0.25) is 5.91 Å². The molecule has 1 atom stereocenters. The summed E-state index contributed by atoms with van der Waals surface area (Å²) in [4.78, 5) is 24.4. The number of aliphatic carboxylic acids is 1. The number of nitrogens with zero attached hydrogens (tertiary/aromatic N) is 1. The van der Waals surface area contributed by atoms with E-state index in [0.29, 0.717) is 26.3 Å². The van der Waals surface area contributed by atoms with Crippen molar-refractivity contribution in [3.8, 4) is 0 Å². The molecule has 2 aliphatic rings. The Morgan fingerprint density at radius 3 is 2.72 bits per heavy atom. The number of likely N-dealkylation sites (tertiary alicyclic amines) is 1. The third kappa shape index (κ3) is 2.66. The van der Waals surface area contributed by atoms with Crippen molar-refractivity contribution in [2.24, 2.45) is 11.3 Å². The van der Waals surface area contributed by atoms with Gasteiger partial charge in [0.25, 0.3) is 0 Å². The van der Waals surface area contributed by atoms with E-state index in [1.807, 2.05) is 6.92 Å². The molecule has 1 aliphatic carbocycles. The molecule has 1 saturated carbocycles. The van der Waals surface area contributed by atoms with Crippen LogP contribution >= 0.6 is 0 Å². The highest BCUT2D eigenvalue weighted by Gasteiger charge is 2.43. The molecule has 0 spiro atoms. The molecule has 0 aromatic carbocycles. The summed E-state index contributed by atoms with van der Waals surface area (Å²) in [6.45, 7) is 4.37. The maximum atomic E-state index is 11.8. The quantitative estimate of drug-likeness (QED) is 0.772. The van der Waals surface area contributed by atoms with E-state index in [9.17, 15) is 9.59 Å². The van der Waals surface area contributed by atoms with Crippen molar-refractivity contribution < 1.29 is 19.4 Å². The van der Waals surface area contributed by atoms with Crippen molar-refractivity contribution in [3.63, 3.8) is 0 Å². The summed E-state index contributed by atoms with van der Waals surface area (Å²) in [6.07, 6.45) is 3.49. The topological polar surface area (TPSA) is 66.8 Å². The third-order valence-corrected chi connectivity index (χ3v) is 4.12. The van der Waals surface area contributed by atoms with Gasteiger partial charge in [0.1, 0.15) is 0 Å². The molecule has 1 aliphatic heterocycles. The molecule has 1 heterocycles. The van der Waals surface area contributed by atoms with Crippen molar-refractivity contribution in [2.45, 2.75) is 32.6 Å². The van der Waals surface area contributed by atoms with Gasteiger partial charge in [-0.2, -0.15) is 0 Å². The molecule has 2 fully saturated rings. The van der Waals surface area contributed by atoms with E-state index < -0.39 is 11.9 Å². The molecule has 1 saturated heterocycles. The van der Waals surface area contributed by atoms with Crippen LogP contribution in [0.2, 0.25) is 0 Å². The molecule has 5 nitrogen and oxygen atoms in total. The number of carboxylic acids is 1. The van der Waals surface area contributed by atoms with Crippen molar-refractivity contribution in [3.05, 3.63) is 0 Å². The van der Waals surface area contributed by atoms with Gasteiger partial charge in [-0.3, -0.25) is 9.59 Å². The number of hydrogen-bond acceptors (Lipinski definition) is 3. The molecule has 1 N–H and O–H groups in total. The standard InChI is InChI=1S/C13H21NO4/c1-2-18-9-13(4-3-5-13)8-14-7-10(12(16)17)6-11(14)15/h10H,2-9H2,1H3,(H,16,17)/t10-/m1/s1. The van der Waals surface area contributed by atoms with Crippen LogP contribution in [0.25, 0.3) is 0 Å². The molecule has 0 aromatic rings. The Morgan fingerprint density at radius 1 is 1.56 bits per heavy atom. The summed E-state index contributed by atoms with van der Waals surface area (Å²) < 4.78 is 5.51. The van der Waals surface area contributed by atoms with Gasteiger partial charge in [0.15, 0.2) is 0 Å². The van der Waals surface area contributed by atoms with E-state index in [4.69, 9.17) is 9.84 Å². The third-order valence-electron chi connectivity index (χ3n) is 4.12. The first-order valence-electron chi connectivity index (χ1n) is 6.65. The van der Waals surface area contributed by atoms with E-state index in [2.05, 4.69) is 0 Å². The van der Waals surface area contributed by atoms with Crippen LogP contribution < -0.4 is 0 Å². The number of amides is 1. The van der Waals surface area contributed by atoms with Crippen molar-refractivity contribution >= 4 is 11.9 Å². The molecule has 18 heavy (non-hydrogen) atoms. The summed E-state index contributed by atoms with van der Waals surface area (Å²) >= 11 is 0. The second-order valence-electron chi connectivity index (χ2n) is 5.50. The van der Waals surface area contributed by atoms with E-state index in [0.717, 1.165) is 12.8 Å². The lowest BCUT2D eigenvalue weighted by molar-refractivity contribution is -0.141. The van der Waals surface area contributed by atoms with Gasteiger partial charge in [-0.1, -0.05) is 6.42 Å². The van der Waals surface area contributed by atoms with E-state index in [-0.39, 0.29) is 17.7 Å². The van der Waals surface area contributed by atoms with Gasteiger partial charge in [0, 0.05) is 31.5 Å². The van der Waals surface area contributed by atoms with Crippen LogP contribution in [-0.4, -0.2) is 48.2 Å². The Kier molecular flexibility index (Phi) is 3.90. The number of carbonyl (C=O) groups is 2. The van der Waals surface area contributed by atoms with Crippen LogP contribution in [0.15, 0.2) is 0 Å². The molecule has 102 valence electrons. The van der Waals surface area contributed by atoms with Crippen LogP contribution in [0.1, 0.15) is 32.6 Å². The lowest BCUT2D eigenvalue weighted by Crippen LogP contribution is -2.46. The van der Waals surface area contributed by atoms with E-state index >= 15 is 0 Å². The average Bonchev–Trinajstić information content (AvgIpc) is 2.64. The number of rotatable bonds is 6. The van der Waals surface area contributed by atoms with Crippen LogP contribution in [-0.2, 0) is 14.3 Å². The van der Waals surface area contributed by atoms with Gasteiger partial charge < -0.3 is 14.7 Å². The van der Waals surface area contributed by atoms with Gasteiger partial charge in [-0.15, -0.1) is 0 Å². The summed E-state index contributed by atoms with van der Waals surface area (Å²) in [6, 6.07) is 0. The van der Waals surface area contributed by atoms with E-state index in [1.165, 1.54) is 6.42 Å². The summed E-state index contributed by atoms with van der Waals surface area (Å²) in [7, 11) is 0. The zero-order valence-electron chi connectivity index (χ0n) is 10.9. The number of hydrogen-bond donors (Lipinski definition) is 1. The first-order valence-corrected chi connectivity index (χ1v) is 6.65. The van der Waals surface area contributed by atoms with Crippen LogP contribution in [0.3, 0.4) is 0 Å². The van der Waals surface area contributed by atoms with Crippen LogP contribution in [0, 0.1) is 11.3 Å². The second kappa shape index (κ2) is 5.26. The predicted octanol–water partition coefficient (Wildman–Crippen LogP) is 1.13. The maximum absolute atomic E-state index is 11.8. The summed E-state index contributed by atoms with van der Waals surface area (Å²) in [5.74, 6) is -1.41. The molecular weight excluding hydrogens is 234 g/mol. The normalized spacial score (nSPS) is 26.2. The summed E-state index contributed by atoms with van der Waals surface area (Å²) in [5.41, 5.74) is 0.0824. The Balaban J connectivity index is 1.92. The maximum Gasteiger partial charge on any atom is 0.308 e. The SMILES string of the molecule is CCOCC1(CN2C[C@H](C(=O)O)CC2=O)CCC1. The zero-order valence-corrected chi connectivity index (χ0v) is 10.9. The smallest absolute Gasteiger partial charge is 0.308 e. The number of ether oxygens (including phenoxy) is 1. The zero-order chi connectivity index (χ0) is 13.2. The first-order chi connectivity index (χ1) is 8.56. The summed E-state index contributed by atoms with van der Waals surface area (Å²) in [5, 5.41) is 8.96. The Morgan fingerprint density at radius 2 is 2.28 bits per heavy atom. The van der Waals surface area contributed by atoms with Gasteiger partial charge in [-0.05, 0) is 19.8 Å². The Labute approximate surface area is 107 Å². The second-order valence-corrected chi connectivity index (χ2v) is 5.50. The Hall–Kier alpha value is -1.10. The van der Waals surface area contributed by atoms with Crippen molar-refractivity contribution in [1.82, 2.24) is 4.90 Å². The van der Waals surface area contributed by atoms with Crippen molar-refractivity contribution in [2.75, 3.05) is 26.3 Å². The van der Waals surface area contributed by atoms with Crippen LogP contribution in [0.4, 0.5) is 0 Å². The highest BCUT2D eigenvalue weighted by Crippen LogP contribution is 2.42. The highest BCUT2D eigenvalue weighted by atomic mass is 16.5. The molecule has 2 rings (SSSR count). The largest absolute Gasteiger partial charge is 0.481 e. The monoisotopic (exact) mass is 255 g/mol. The van der Waals surface area contributed by atoms with E-state index in [1.54, 1.807) is 4.90 Å². The number of carboxylic acid groups (broad SMARTS) is 1. The average molecular weight is 255 g/mol. The molecule has 1 amide bonds. The molecule has 0 aromatic heterocycles. The minimum absolute atomic E-state index is 0.0230. The molecule has 5 heteroatoms. The first kappa shape index (κ1) is 13.3. The Bertz CT molecular complexity index is 338. The van der Waals surface area contributed by atoms with Gasteiger partial charge in [-0.25, -0.2) is 0 Å². The minimum Gasteiger partial charge on any atom is -0.481 e. The van der Waals surface area contributed by atoms with Crippen LogP contribution in [0.5, 0.6) is 0 Å². The predicted molar refractivity (Wildman–Crippen MR) is 65.1 cm³/mol. The molecular formula is C13H21NO4. The van der Waals surface area contributed by atoms with Gasteiger partial charge >= 0.3 is 5.97 Å². The molecule has 0 unspecified atom stereocenters. The lowest BCUT2D eigenvalue weighted by atomic mass is 9.69. The highest BCUT2D eigenvalue weighted by molar-refractivity contribution is 5.86. The fourth-order valence-corrected chi connectivity index (χ4v) is 2.84. The molecule has 0 radical (unpaired) electrons. The minimum atomic E-state index is -0.863. The fraction of sp³-hybridized carbons (Fsp3) is 0.846. The van der Waals surface area contributed by atoms with Gasteiger partial charge in [0.05, 0.1) is 12.5 Å². The fourth-order valence-electron chi connectivity index (χ4n) is 2.84. The molecule has 0 bridgehead atoms. The lowest BCUT2D eigenvalue weighted by Gasteiger charge is -2.44. The van der Waals surface area contributed by atoms with Crippen molar-refractivity contribution in [1.29, 1.82) is 0 Å².